The highest BCUT2D eigenvalue weighted by atomic mass is 19.1. The maximum atomic E-state index is 13.0. The first-order valence-electron chi connectivity index (χ1n) is 8.06. The number of nitrogens with one attached hydrogen (secondary N) is 1. The number of carbonyl (C=O) groups excluding carboxylic acids is 1. The number of aldehydes is 1. The average molecular weight is 323 g/mol. The molecule has 3 aromatic rings. The van der Waals surface area contributed by atoms with E-state index < -0.39 is 0 Å². The van der Waals surface area contributed by atoms with Gasteiger partial charge in [-0.3, -0.25) is 4.79 Å². The third-order valence-electron chi connectivity index (χ3n) is 4.66. The molecule has 1 aliphatic heterocycles. The summed E-state index contributed by atoms with van der Waals surface area (Å²) in [7, 11) is 0. The number of aromatic amines is 1. The number of aromatic nitrogens is 1. The van der Waals surface area contributed by atoms with Crippen molar-refractivity contribution in [2.75, 3.05) is 36.0 Å². The molecular formula is C19H18FN3O. The number of piperazine rings is 1. The minimum atomic E-state index is -0.205. The van der Waals surface area contributed by atoms with Crippen LogP contribution in [0.25, 0.3) is 10.9 Å². The second-order valence-corrected chi connectivity index (χ2v) is 6.04. The van der Waals surface area contributed by atoms with Gasteiger partial charge in [0.2, 0.25) is 0 Å². The normalized spacial score (nSPS) is 15.0. The summed E-state index contributed by atoms with van der Waals surface area (Å²) in [4.78, 5) is 18.8. The van der Waals surface area contributed by atoms with Crippen LogP contribution in [0, 0.1) is 5.82 Å². The number of hydrogen-bond donors (Lipinski definition) is 1. The molecule has 0 saturated carbocycles. The van der Waals surface area contributed by atoms with Crippen LogP contribution in [0.2, 0.25) is 0 Å². The monoisotopic (exact) mass is 323 g/mol. The average Bonchev–Trinajstić information content (AvgIpc) is 3.05. The van der Waals surface area contributed by atoms with Crippen molar-refractivity contribution in [2.24, 2.45) is 0 Å². The smallest absolute Gasteiger partial charge is 0.152 e. The lowest BCUT2D eigenvalue weighted by Crippen LogP contribution is -2.46. The molecule has 1 aliphatic rings. The van der Waals surface area contributed by atoms with Gasteiger partial charge < -0.3 is 14.8 Å². The SMILES string of the molecule is O=Cc1c[nH]c2ccc(N3CCN(c4ccc(F)cc4)CC3)cc12. The van der Waals surface area contributed by atoms with Gasteiger partial charge in [-0.2, -0.15) is 0 Å². The molecule has 1 saturated heterocycles. The van der Waals surface area contributed by atoms with Crippen molar-refractivity contribution in [3.8, 4) is 0 Å². The Kier molecular flexibility index (Phi) is 3.69. The van der Waals surface area contributed by atoms with Gasteiger partial charge in [0.05, 0.1) is 0 Å². The molecule has 0 atom stereocenters. The Balaban J connectivity index is 1.51. The Morgan fingerprint density at radius 2 is 1.54 bits per heavy atom. The van der Waals surface area contributed by atoms with Crippen LogP contribution in [-0.4, -0.2) is 37.4 Å². The molecule has 0 spiro atoms. The fourth-order valence-electron chi connectivity index (χ4n) is 3.30. The summed E-state index contributed by atoms with van der Waals surface area (Å²) in [6.45, 7) is 3.56. The summed E-state index contributed by atoms with van der Waals surface area (Å²) < 4.78 is 13.0. The molecule has 2 aromatic carbocycles. The van der Waals surface area contributed by atoms with E-state index in [1.807, 2.05) is 18.2 Å². The van der Waals surface area contributed by atoms with E-state index in [-0.39, 0.29) is 5.82 Å². The number of H-pyrrole nitrogens is 1. The van der Waals surface area contributed by atoms with Crippen LogP contribution in [0.5, 0.6) is 0 Å². The third-order valence-corrected chi connectivity index (χ3v) is 4.66. The van der Waals surface area contributed by atoms with Crippen molar-refractivity contribution in [1.82, 2.24) is 4.98 Å². The lowest BCUT2D eigenvalue weighted by Gasteiger charge is -2.37. The van der Waals surface area contributed by atoms with Crippen LogP contribution in [-0.2, 0) is 0 Å². The van der Waals surface area contributed by atoms with Crippen LogP contribution in [0.4, 0.5) is 15.8 Å². The van der Waals surface area contributed by atoms with Gasteiger partial charge in [0.25, 0.3) is 0 Å². The zero-order valence-corrected chi connectivity index (χ0v) is 13.2. The number of hydrogen-bond acceptors (Lipinski definition) is 3. The van der Waals surface area contributed by atoms with Crippen molar-refractivity contribution < 1.29 is 9.18 Å². The van der Waals surface area contributed by atoms with E-state index in [0.29, 0.717) is 5.56 Å². The first kappa shape index (κ1) is 14.8. The maximum absolute atomic E-state index is 13.0. The second-order valence-electron chi connectivity index (χ2n) is 6.04. The molecule has 5 heteroatoms. The fourth-order valence-corrected chi connectivity index (χ4v) is 3.30. The number of anilines is 2. The summed E-state index contributed by atoms with van der Waals surface area (Å²) in [5, 5.41) is 0.962. The zero-order chi connectivity index (χ0) is 16.5. The van der Waals surface area contributed by atoms with E-state index in [1.165, 1.54) is 12.1 Å². The van der Waals surface area contributed by atoms with Crippen molar-refractivity contribution in [3.63, 3.8) is 0 Å². The van der Waals surface area contributed by atoms with Crippen molar-refractivity contribution in [2.45, 2.75) is 0 Å². The number of carbonyl (C=O) groups is 1. The predicted octanol–water partition coefficient (Wildman–Crippen LogP) is 3.45. The molecule has 0 unspecified atom stereocenters. The highest BCUT2D eigenvalue weighted by Gasteiger charge is 2.18. The van der Waals surface area contributed by atoms with Gasteiger partial charge in [-0.05, 0) is 42.5 Å². The van der Waals surface area contributed by atoms with Gasteiger partial charge in [0.15, 0.2) is 6.29 Å². The van der Waals surface area contributed by atoms with E-state index in [1.54, 1.807) is 6.20 Å². The fraction of sp³-hybridized carbons (Fsp3) is 0.211. The maximum Gasteiger partial charge on any atom is 0.152 e. The Morgan fingerprint density at radius 1 is 0.917 bits per heavy atom. The molecule has 1 fully saturated rings. The quantitative estimate of drug-likeness (QED) is 0.751. The summed E-state index contributed by atoms with van der Waals surface area (Å²) in [5.74, 6) is -0.205. The molecule has 0 aliphatic carbocycles. The Hall–Kier alpha value is -2.82. The number of halogens is 1. The molecule has 0 bridgehead atoms. The number of fused-ring (bicyclic) bond motifs is 1. The molecule has 4 nitrogen and oxygen atoms in total. The standard InChI is InChI=1S/C19H18FN3O/c20-15-1-3-16(4-2-15)22-7-9-23(10-8-22)17-5-6-19-18(11-17)14(13-24)12-21-19/h1-6,11-13,21H,7-10H2. The number of rotatable bonds is 3. The van der Waals surface area contributed by atoms with Gasteiger partial charge >= 0.3 is 0 Å². The summed E-state index contributed by atoms with van der Waals surface area (Å²) in [6.07, 6.45) is 2.63. The van der Waals surface area contributed by atoms with Crippen molar-refractivity contribution >= 4 is 28.6 Å². The summed E-state index contributed by atoms with van der Waals surface area (Å²) >= 11 is 0. The van der Waals surface area contributed by atoms with E-state index in [9.17, 15) is 9.18 Å². The first-order chi connectivity index (χ1) is 11.7. The Bertz CT molecular complexity index is 864. The van der Waals surface area contributed by atoms with Gasteiger partial charge in [-0.15, -0.1) is 0 Å². The number of benzene rings is 2. The van der Waals surface area contributed by atoms with Gasteiger partial charge in [-0.1, -0.05) is 0 Å². The topological polar surface area (TPSA) is 39.3 Å². The predicted molar refractivity (Wildman–Crippen MR) is 94.5 cm³/mol. The summed E-state index contributed by atoms with van der Waals surface area (Å²) in [6, 6.07) is 12.8. The largest absolute Gasteiger partial charge is 0.368 e. The van der Waals surface area contributed by atoms with Gasteiger partial charge in [-0.25, -0.2) is 4.39 Å². The Labute approximate surface area is 139 Å². The van der Waals surface area contributed by atoms with Crippen LogP contribution in [0.15, 0.2) is 48.7 Å². The van der Waals surface area contributed by atoms with E-state index in [4.69, 9.17) is 0 Å². The zero-order valence-electron chi connectivity index (χ0n) is 13.2. The first-order valence-corrected chi connectivity index (χ1v) is 8.06. The van der Waals surface area contributed by atoms with E-state index >= 15 is 0 Å². The molecular weight excluding hydrogens is 305 g/mol. The van der Waals surface area contributed by atoms with Crippen LogP contribution in [0.3, 0.4) is 0 Å². The minimum absolute atomic E-state index is 0.205. The van der Waals surface area contributed by atoms with E-state index in [2.05, 4.69) is 26.9 Å². The van der Waals surface area contributed by atoms with Gasteiger partial charge in [0, 0.05) is 60.2 Å². The van der Waals surface area contributed by atoms with Crippen molar-refractivity contribution in [3.05, 3.63) is 60.0 Å². The van der Waals surface area contributed by atoms with Crippen LogP contribution >= 0.6 is 0 Å². The third kappa shape index (κ3) is 2.62. The second kappa shape index (κ2) is 6.00. The van der Waals surface area contributed by atoms with Crippen molar-refractivity contribution in [1.29, 1.82) is 0 Å². The molecule has 0 radical (unpaired) electrons. The molecule has 4 rings (SSSR count). The Morgan fingerprint density at radius 3 is 2.21 bits per heavy atom. The number of nitrogens with zero attached hydrogens (tertiary/aromatic N) is 2. The minimum Gasteiger partial charge on any atom is -0.368 e. The van der Waals surface area contributed by atoms with E-state index in [0.717, 1.165) is 54.7 Å². The molecule has 24 heavy (non-hydrogen) atoms. The highest BCUT2D eigenvalue weighted by Crippen LogP contribution is 2.26. The molecule has 2 heterocycles. The molecule has 0 amide bonds. The lowest BCUT2D eigenvalue weighted by molar-refractivity contribution is 0.112. The highest BCUT2D eigenvalue weighted by molar-refractivity contribution is 5.98. The summed E-state index contributed by atoms with van der Waals surface area (Å²) in [5.41, 5.74) is 3.85. The molecule has 1 N–H and O–H groups in total. The molecule has 1 aromatic heterocycles. The van der Waals surface area contributed by atoms with Gasteiger partial charge in [0.1, 0.15) is 5.82 Å². The van der Waals surface area contributed by atoms with Crippen LogP contribution in [0.1, 0.15) is 10.4 Å². The van der Waals surface area contributed by atoms with Crippen LogP contribution < -0.4 is 9.80 Å². The molecule has 122 valence electrons. The lowest BCUT2D eigenvalue weighted by atomic mass is 10.1.